The molecule has 170 valence electrons. The number of nitrogens with one attached hydrogen (secondary N) is 2. The van der Waals surface area contributed by atoms with Gasteiger partial charge in [0.15, 0.2) is 5.54 Å². The van der Waals surface area contributed by atoms with E-state index in [1.54, 1.807) is 18.7 Å². The third-order valence-electron chi connectivity index (χ3n) is 7.04. The van der Waals surface area contributed by atoms with Crippen LogP contribution in [0.25, 0.3) is 10.9 Å². The summed E-state index contributed by atoms with van der Waals surface area (Å²) in [6.45, 7) is 5.76. The van der Waals surface area contributed by atoms with Gasteiger partial charge < -0.3 is 15.2 Å². The van der Waals surface area contributed by atoms with Gasteiger partial charge in [0.2, 0.25) is 5.91 Å². The number of urea groups is 1. The standard InChI is InChI=1S/C26H28N4O3/c1-16(15-18-9-5-4-6-10-18)27-23(31)17(2)30-24(32)26(3)22-20(13-14-29(26)25(30)33)19-11-7-8-12-21(19)28-22/h4-12,16-17,28H,13-15H2,1-3H3,(H,27,31)/t16?,17-,26-/m0/s1. The fourth-order valence-corrected chi connectivity index (χ4v) is 5.26. The zero-order chi connectivity index (χ0) is 23.3. The first-order valence-electron chi connectivity index (χ1n) is 11.4. The van der Waals surface area contributed by atoms with Crippen LogP contribution in [0.2, 0.25) is 0 Å². The van der Waals surface area contributed by atoms with Crippen LogP contribution in [0.5, 0.6) is 0 Å². The summed E-state index contributed by atoms with van der Waals surface area (Å²) in [5, 5.41) is 4.05. The van der Waals surface area contributed by atoms with E-state index in [4.69, 9.17) is 0 Å². The van der Waals surface area contributed by atoms with Crippen LogP contribution < -0.4 is 5.32 Å². The molecule has 2 aliphatic heterocycles. The van der Waals surface area contributed by atoms with Gasteiger partial charge in [-0.15, -0.1) is 0 Å². The molecule has 5 rings (SSSR count). The number of carbonyl (C=O) groups is 3. The highest BCUT2D eigenvalue weighted by atomic mass is 16.2. The van der Waals surface area contributed by atoms with Gasteiger partial charge in [0.25, 0.3) is 5.91 Å². The van der Waals surface area contributed by atoms with Crippen LogP contribution in [0.4, 0.5) is 4.79 Å². The second kappa shape index (κ2) is 7.76. The smallest absolute Gasteiger partial charge is 0.328 e. The van der Waals surface area contributed by atoms with Crippen LogP contribution in [0, 0.1) is 0 Å². The first-order chi connectivity index (χ1) is 15.8. The highest BCUT2D eigenvalue weighted by molar-refractivity contribution is 6.10. The summed E-state index contributed by atoms with van der Waals surface area (Å²) in [6.07, 6.45) is 1.33. The largest absolute Gasteiger partial charge is 0.356 e. The zero-order valence-corrected chi connectivity index (χ0v) is 19.1. The molecule has 3 heterocycles. The van der Waals surface area contributed by atoms with Crippen molar-refractivity contribution in [1.82, 2.24) is 20.1 Å². The topological polar surface area (TPSA) is 85.5 Å². The summed E-state index contributed by atoms with van der Waals surface area (Å²) in [7, 11) is 0. The van der Waals surface area contributed by atoms with E-state index in [2.05, 4.69) is 10.3 Å². The zero-order valence-electron chi connectivity index (χ0n) is 19.1. The quantitative estimate of drug-likeness (QED) is 0.592. The van der Waals surface area contributed by atoms with E-state index >= 15 is 0 Å². The second-order valence-corrected chi connectivity index (χ2v) is 9.23. The summed E-state index contributed by atoms with van der Waals surface area (Å²) in [5.74, 6) is -0.696. The van der Waals surface area contributed by atoms with Gasteiger partial charge in [0.05, 0.1) is 5.69 Å². The molecule has 3 atom stereocenters. The van der Waals surface area contributed by atoms with Crippen LogP contribution in [0.15, 0.2) is 54.6 Å². The van der Waals surface area contributed by atoms with Gasteiger partial charge in [-0.2, -0.15) is 0 Å². The molecule has 7 heteroatoms. The molecule has 4 amide bonds. The first-order valence-corrected chi connectivity index (χ1v) is 11.4. The molecule has 1 saturated heterocycles. The number of H-pyrrole nitrogens is 1. The number of hydrogen-bond acceptors (Lipinski definition) is 3. The maximum absolute atomic E-state index is 13.7. The molecule has 0 saturated carbocycles. The van der Waals surface area contributed by atoms with Crippen LogP contribution in [-0.4, -0.2) is 51.3 Å². The van der Waals surface area contributed by atoms with Crippen molar-refractivity contribution in [3.05, 3.63) is 71.4 Å². The molecule has 0 radical (unpaired) electrons. The van der Waals surface area contributed by atoms with E-state index in [1.807, 2.05) is 61.5 Å². The molecule has 2 aromatic carbocycles. The average molecular weight is 445 g/mol. The molecule has 0 spiro atoms. The number of fused-ring (bicyclic) bond motifs is 5. The van der Waals surface area contributed by atoms with Crippen molar-refractivity contribution in [3.8, 4) is 0 Å². The molecule has 2 N–H and O–H groups in total. The van der Waals surface area contributed by atoms with Gasteiger partial charge in [0, 0.05) is 23.5 Å². The van der Waals surface area contributed by atoms with Gasteiger partial charge in [-0.3, -0.25) is 9.59 Å². The Morgan fingerprint density at radius 1 is 1.09 bits per heavy atom. The minimum Gasteiger partial charge on any atom is -0.356 e. The lowest BCUT2D eigenvalue weighted by molar-refractivity contribution is -0.139. The van der Waals surface area contributed by atoms with Crippen LogP contribution in [0.3, 0.4) is 0 Å². The lowest BCUT2D eigenvalue weighted by atomic mass is 9.87. The number of aromatic nitrogens is 1. The number of nitrogens with zero attached hydrogens (tertiary/aromatic N) is 2. The highest BCUT2D eigenvalue weighted by Crippen LogP contribution is 2.44. The molecule has 3 aromatic rings. The lowest BCUT2D eigenvalue weighted by Crippen LogP contribution is -2.51. The van der Waals surface area contributed by atoms with Crippen molar-refractivity contribution in [2.75, 3.05) is 6.54 Å². The Morgan fingerprint density at radius 2 is 1.79 bits per heavy atom. The predicted molar refractivity (Wildman–Crippen MR) is 126 cm³/mol. The lowest BCUT2D eigenvalue weighted by Gasteiger charge is -2.36. The van der Waals surface area contributed by atoms with Crippen LogP contribution >= 0.6 is 0 Å². The Bertz CT molecular complexity index is 1250. The summed E-state index contributed by atoms with van der Waals surface area (Å²) in [4.78, 5) is 46.2. The monoisotopic (exact) mass is 444 g/mol. The molecule has 1 unspecified atom stereocenters. The Labute approximate surface area is 192 Å². The Kier molecular flexibility index (Phi) is 5.00. The molecule has 2 aliphatic rings. The molecule has 0 bridgehead atoms. The number of aromatic amines is 1. The van der Waals surface area contributed by atoms with Gasteiger partial charge in [-0.1, -0.05) is 48.5 Å². The average Bonchev–Trinajstić information content (AvgIpc) is 3.28. The van der Waals surface area contributed by atoms with Gasteiger partial charge in [0.1, 0.15) is 6.04 Å². The van der Waals surface area contributed by atoms with Crippen molar-refractivity contribution in [2.24, 2.45) is 0 Å². The normalized spacial score (nSPS) is 21.7. The fraction of sp³-hybridized carbons (Fsp3) is 0.346. The maximum Gasteiger partial charge on any atom is 0.328 e. The van der Waals surface area contributed by atoms with Crippen molar-refractivity contribution in [3.63, 3.8) is 0 Å². The van der Waals surface area contributed by atoms with Crippen molar-refractivity contribution in [2.45, 2.75) is 51.2 Å². The number of imide groups is 1. The number of amides is 4. The van der Waals surface area contributed by atoms with Gasteiger partial charge in [-0.05, 0) is 50.8 Å². The minimum absolute atomic E-state index is 0.131. The SMILES string of the molecule is CC(Cc1ccccc1)NC(=O)[C@H](C)N1C(=O)N2CCc3c([nH]c4ccccc34)[C@@]2(C)C1=O. The van der Waals surface area contributed by atoms with Gasteiger partial charge in [-0.25, -0.2) is 9.69 Å². The van der Waals surface area contributed by atoms with E-state index in [9.17, 15) is 14.4 Å². The first kappa shape index (κ1) is 21.2. The fourth-order valence-electron chi connectivity index (χ4n) is 5.26. The predicted octanol–water partition coefficient (Wildman–Crippen LogP) is 3.34. The van der Waals surface area contributed by atoms with Crippen LogP contribution in [0.1, 0.15) is 37.6 Å². The van der Waals surface area contributed by atoms with E-state index in [0.717, 1.165) is 32.6 Å². The van der Waals surface area contributed by atoms with E-state index in [0.29, 0.717) is 19.4 Å². The summed E-state index contributed by atoms with van der Waals surface area (Å²) < 4.78 is 0. The third-order valence-corrected chi connectivity index (χ3v) is 7.04. The Morgan fingerprint density at radius 3 is 2.55 bits per heavy atom. The number of rotatable bonds is 5. The van der Waals surface area contributed by atoms with Crippen molar-refractivity contribution in [1.29, 1.82) is 0 Å². The minimum atomic E-state index is -1.14. The maximum atomic E-state index is 13.7. The van der Waals surface area contributed by atoms with Crippen LogP contribution in [-0.2, 0) is 28.0 Å². The summed E-state index contributed by atoms with van der Waals surface area (Å²) >= 11 is 0. The summed E-state index contributed by atoms with van der Waals surface area (Å²) in [6, 6.07) is 16.4. The van der Waals surface area contributed by atoms with E-state index in [-0.39, 0.29) is 17.9 Å². The molecular formula is C26H28N4O3. The molecule has 7 nitrogen and oxygen atoms in total. The number of benzene rings is 2. The number of carbonyl (C=O) groups excluding carboxylic acids is 3. The van der Waals surface area contributed by atoms with Crippen molar-refractivity contribution >= 4 is 28.7 Å². The van der Waals surface area contributed by atoms with Crippen molar-refractivity contribution < 1.29 is 14.4 Å². The highest BCUT2D eigenvalue weighted by Gasteiger charge is 2.60. The number of hydrogen-bond donors (Lipinski definition) is 2. The Balaban J connectivity index is 1.39. The third kappa shape index (κ3) is 3.22. The molecular weight excluding hydrogens is 416 g/mol. The van der Waals surface area contributed by atoms with E-state index in [1.165, 1.54) is 0 Å². The Hall–Kier alpha value is -3.61. The molecule has 1 fully saturated rings. The molecule has 1 aromatic heterocycles. The molecule has 33 heavy (non-hydrogen) atoms. The summed E-state index contributed by atoms with van der Waals surface area (Å²) in [5.41, 5.74) is 2.74. The van der Waals surface area contributed by atoms with E-state index < -0.39 is 17.6 Å². The second-order valence-electron chi connectivity index (χ2n) is 9.23. The number of para-hydroxylation sites is 1. The molecule has 0 aliphatic carbocycles. The van der Waals surface area contributed by atoms with Gasteiger partial charge >= 0.3 is 6.03 Å².